The van der Waals surface area contributed by atoms with Gasteiger partial charge in [-0.3, -0.25) is 19.1 Å². The van der Waals surface area contributed by atoms with E-state index in [1.165, 1.54) is 4.90 Å². The molecule has 14 heteroatoms. The van der Waals surface area contributed by atoms with Crippen LogP contribution in [0.3, 0.4) is 0 Å². The van der Waals surface area contributed by atoms with Crippen LogP contribution in [0.4, 0.5) is 4.79 Å². The molecule has 282 valence electrons. The molecule has 1 aromatic carbocycles. The third-order valence-electron chi connectivity index (χ3n) is 11.6. The number of hydrogen-bond donors (Lipinski definition) is 3. The van der Waals surface area contributed by atoms with Crippen molar-refractivity contribution >= 4 is 39.5 Å². The molecule has 1 aromatic rings. The Kier molecular flexibility index (Phi) is 10.9. The van der Waals surface area contributed by atoms with Crippen LogP contribution in [0.5, 0.6) is 0 Å². The molecule has 0 radical (unpaired) electrons. The third-order valence-corrected chi connectivity index (χ3v) is 13.4. The zero-order valence-corrected chi connectivity index (χ0v) is 30.5. The number of ether oxygens (including phenoxy) is 1. The predicted octanol–water partition coefficient (Wildman–Crippen LogP) is 4.22. The van der Waals surface area contributed by atoms with Gasteiger partial charge < -0.3 is 25.1 Å². The van der Waals surface area contributed by atoms with Crippen molar-refractivity contribution in [3.8, 4) is 0 Å². The minimum absolute atomic E-state index is 0.0433. The van der Waals surface area contributed by atoms with Crippen LogP contribution in [-0.2, 0) is 34.0 Å². The van der Waals surface area contributed by atoms with Crippen molar-refractivity contribution in [2.24, 2.45) is 17.0 Å². The Bertz CT molecular complexity index is 1670. The highest BCUT2D eigenvalue weighted by Crippen LogP contribution is 2.46. The van der Waals surface area contributed by atoms with Crippen LogP contribution >= 0.6 is 0 Å². The van der Waals surface area contributed by atoms with Crippen molar-refractivity contribution in [3.63, 3.8) is 0 Å². The molecule has 5 atom stereocenters. The van der Waals surface area contributed by atoms with Gasteiger partial charge in [-0.05, 0) is 76.2 Å². The van der Waals surface area contributed by atoms with Gasteiger partial charge in [0.05, 0.1) is 17.5 Å². The van der Waals surface area contributed by atoms with Gasteiger partial charge in [0.2, 0.25) is 21.8 Å². The molecule has 3 N–H and O–H groups in total. The fraction of sp³-hybridized carbons (Fsp3) is 0.658. The van der Waals surface area contributed by atoms with E-state index >= 15 is 0 Å². The number of nitrogens with zero attached hydrogens (tertiary/aromatic N) is 2. The summed E-state index contributed by atoms with van der Waals surface area (Å²) in [7, 11) is -3.86. The topological polar surface area (TPSA) is 173 Å². The van der Waals surface area contributed by atoms with Crippen LogP contribution in [0.25, 0.3) is 0 Å². The quantitative estimate of drug-likeness (QED) is 0.192. The van der Waals surface area contributed by atoms with Crippen molar-refractivity contribution < 1.29 is 37.2 Å². The Balaban J connectivity index is 1.15. The largest absolute Gasteiger partial charge is 0.446 e. The van der Waals surface area contributed by atoms with E-state index in [4.69, 9.17) is 9.57 Å². The van der Waals surface area contributed by atoms with Gasteiger partial charge in [-0.15, -0.1) is 0 Å². The van der Waals surface area contributed by atoms with Gasteiger partial charge in [0, 0.05) is 18.3 Å². The number of sulfonamides is 1. The zero-order valence-electron chi connectivity index (χ0n) is 29.7. The van der Waals surface area contributed by atoms with E-state index in [2.05, 4.69) is 20.5 Å². The predicted molar refractivity (Wildman–Crippen MR) is 192 cm³/mol. The molecular formula is C38H51N5O8S. The van der Waals surface area contributed by atoms with E-state index in [1.54, 1.807) is 0 Å². The maximum Gasteiger partial charge on any atom is 0.408 e. The zero-order chi connectivity index (χ0) is 36.3. The minimum Gasteiger partial charge on any atom is -0.446 e. The number of alkyl carbamates (subject to hydrolysis) is 1. The lowest BCUT2D eigenvalue weighted by Crippen LogP contribution is -2.58. The summed E-state index contributed by atoms with van der Waals surface area (Å²) in [6.45, 7) is 0.0433. The first-order chi connectivity index (χ1) is 25.1. The lowest BCUT2D eigenvalue weighted by atomic mass is 9.95. The fourth-order valence-corrected chi connectivity index (χ4v) is 9.32. The molecule has 0 aromatic heterocycles. The molecule has 13 nitrogen and oxygen atoms in total. The van der Waals surface area contributed by atoms with Crippen molar-refractivity contribution in [3.05, 3.63) is 48.0 Å². The lowest BCUT2D eigenvalue weighted by molar-refractivity contribution is -0.141. The van der Waals surface area contributed by atoms with Crippen LogP contribution in [0.1, 0.15) is 108 Å². The normalized spacial score (nSPS) is 31.2. The Morgan fingerprint density at radius 2 is 1.65 bits per heavy atom. The smallest absolute Gasteiger partial charge is 0.408 e. The van der Waals surface area contributed by atoms with Crippen LogP contribution in [0.2, 0.25) is 0 Å². The van der Waals surface area contributed by atoms with Gasteiger partial charge in [0.1, 0.15) is 29.8 Å². The first-order valence-corrected chi connectivity index (χ1v) is 20.8. The molecule has 5 fully saturated rings. The molecule has 7 rings (SSSR count). The van der Waals surface area contributed by atoms with E-state index in [9.17, 15) is 27.6 Å². The monoisotopic (exact) mass is 737 g/mol. The average Bonchev–Trinajstić information content (AvgIpc) is 3.98. The number of carbonyl (C=O) groups is 4. The van der Waals surface area contributed by atoms with E-state index in [0.29, 0.717) is 25.7 Å². The number of fused-ring (bicyclic) bond motifs is 2. The summed E-state index contributed by atoms with van der Waals surface area (Å²) in [6, 6.07) is 7.89. The number of nitrogens with one attached hydrogen (secondary N) is 3. The summed E-state index contributed by atoms with van der Waals surface area (Å²) in [6.07, 6.45) is 13.9. The van der Waals surface area contributed by atoms with Crippen LogP contribution in [-0.4, -0.2) is 84.5 Å². The second-order valence-electron chi connectivity index (χ2n) is 15.5. The van der Waals surface area contributed by atoms with Crippen molar-refractivity contribution in [1.29, 1.82) is 0 Å². The highest BCUT2D eigenvalue weighted by atomic mass is 32.2. The second kappa shape index (κ2) is 15.6. The summed E-state index contributed by atoms with van der Waals surface area (Å²) >= 11 is 0. The van der Waals surface area contributed by atoms with Gasteiger partial charge in [0.25, 0.3) is 5.91 Å². The SMILES string of the molecule is O=C(N[C@H]1CCCCC/C=C\[C@@H]2CC2(C(=O)NS(=O)(=O)C2CC2)NC(=O)[C@@H]2C[C@@H](O/N=C(/c3ccccc3)C3CCCC3)CN2C1=O)OC1CCC1. The van der Waals surface area contributed by atoms with Crippen LogP contribution in [0, 0.1) is 11.8 Å². The Morgan fingerprint density at radius 1 is 0.904 bits per heavy atom. The molecule has 0 bridgehead atoms. The lowest BCUT2D eigenvalue weighted by Gasteiger charge is -2.30. The first kappa shape index (κ1) is 36.4. The molecule has 4 aliphatic carbocycles. The van der Waals surface area contributed by atoms with Crippen molar-refractivity contribution in [2.45, 2.75) is 138 Å². The van der Waals surface area contributed by atoms with Gasteiger partial charge >= 0.3 is 6.09 Å². The Hall–Kier alpha value is -3.94. The van der Waals surface area contributed by atoms with Crippen molar-refractivity contribution in [1.82, 2.24) is 20.3 Å². The van der Waals surface area contributed by atoms with Gasteiger partial charge in [-0.25, -0.2) is 13.2 Å². The molecule has 4 amide bonds. The summed E-state index contributed by atoms with van der Waals surface area (Å²) in [5.74, 6) is -1.94. The number of oxime groups is 1. The summed E-state index contributed by atoms with van der Waals surface area (Å²) < 4.78 is 33.4. The highest BCUT2D eigenvalue weighted by molar-refractivity contribution is 7.91. The third kappa shape index (κ3) is 8.31. The van der Waals surface area contributed by atoms with Gasteiger partial charge in [-0.1, -0.05) is 73.3 Å². The van der Waals surface area contributed by atoms with Crippen LogP contribution in [0.15, 0.2) is 47.6 Å². The number of allylic oxidation sites excluding steroid dienone is 1. The number of rotatable bonds is 9. The summed E-state index contributed by atoms with van der Waals surface area (Å²) in [5, 5.41) is 9.77. The average molecular weight is 738 g/mol. The first-order valence-electron chi connectivity index (χ1n) is 19.2. The minimum atomic E-state index is -3.86. The molecule has 6 aliphatic rings. The van der Waals surface area contributed by atoms with E-state index in [0.717, 1.165) is 75.5 Å². The Morgan fingerprint density at radius 3 is 2.37 bits per heavy atom. The van der Waals surface area contributed by atoms with E-state index in [1.807, 2.05) is 42.5 Å². The maximum atomic E-state index is 14.4. The number of hydrogen-bond acceptors (Lipinski definition) is 9. The Labute approximate surface area is 305 Å². The van der Waals surface area contributed by atoms with Gasteiger partial charge in [0.15, 0.2) is 0 Å². The molecule has 0 spiro atoms. The van der Waals surface area contributed by atoms with Crippen molar-refractivity contribution in [2.75, 3.05) is 6.54 Å². The number of carbonyl (C=O) groups excluding carboxylic acids is 4. The molecule has 4 saturated carbocycles. The van der Waals surface area contributed by atoms with E-state index in [-0.39, 0.29) is 31.4 Å². The fourth-order valence-electron chi connectivity index (χ4n) is 7.96. The van der Waals surface area contributed by atoms with Crippen LogP contribution < -0.4 is 15.4 Å². The summed E-state index contributed by atoms with van der Waals surface area (Å²) in [5.41, 5.74) is 0.346. The van der Waals surface area contributed by atoms with Gasteiger partial charge in [-0.2, -0.15) is 0 Å². The standard InChI is InChI=1S/C38H51N5O8S/c44-34-32-22-29(51-41-33(26-14-9-10-15-26)25-12-5-4-6-13-25)24-43(32)35(45)31(39-37(47)50-28-17-11-18-28)19-8-3-1-2-7-16-27-23-38(27,40-34)36(46)42-52(48,49)30-20-21-30/h4-7,12-13,16,26-32H,1-3,8-11,14-15,17-24H2,(H,39,47)(H,40,44)(H,42,46)/b16-7-,41-33-/t27-,29-,31+,32+,38?/m1/s1. The molecule has 1 saturated heterocycles. The molecule has 52 heavy (non-hydrogen) atoms. The number of amides is 4. The molecule has 2 aliphatic heterocycles. The maximum absolute atomic E-state index is 14.4. The molecular weight excluding hydrogens is 687 g/mol. The highest BCUT2D eigenvalue weighted by Gasteiger charge is 2.62. The van der Waals surface area contributed by atoms with E-state index < -0.39 is 68.7 Å². The molecule has 1 unspecified atom stereocenters. The summed E-state index contributed by atoms with van der Waals surface area (Å²) in [4.78, 5) is 63.0. The molecule has 2 heterocycles. The number of benzene rings is 1. The second-order valence-corrected chi connectivity index (χ2v) is 17.4.